The number of alkyl halides is 3. The molecule has 9 heteroatoms. The Labute approximate surface area is 141 Å². The molecule has 134 valence electrons. The fourth-order valence-electron chi connectivity index (χ4n) is 2.02. The largest absolute Gasteiger partial charge is 0.425 e. The van der Waals surface area contributed by atoms with Crippen LogP contribution in [-0.4, -0.2) is 18.9 Å². The number of halogens is 3. The molecule has 0 fully saturated rings. The average molecular weight is 374 g/mol. The summed E-state index contributed by atoms with van der Waals surface area (Å²) in [7, 11) is -4.71. The molecule has 0 amide bonds. The quantitative estimate of drug-likeness (QED) is 0.498. The van der Waals surface area contributed by atoms with Gasteiger partial charge < -0.3 is 4.74 Å². The minimum Gasteiger partial charge on any atom is -0.425 e. The predicted molar refractivity (Wildman–Crippen MR) is 82.6 cm³/mol. The minimum absolute atomic E-state index is 0.00836. The molecule has 0 spiro atoms. The molecule has 2 aromatic carbocycles. The maximum atomic E-state index is 12.6. The van der Waals surface area contributed by atoms with Gasteiger partial charge in [-0.05, 0) is 35.4 Å². The van der Waals surface area contributed by atoms with Crippen molar-refractivity contribution in [2.24, 2.45) is 0 Å². The average Bonchev–Trinajstić information content (AvgIpc) is 2.53. The third-order valence-corrected chi connectivity index (χ3v) is 4.15. The molecule has 0 aliphatic carbocycles. The van der Waals surface area contributed by atoms with Crippen molar-refractivity contribution in [3.63, 3.8) is 0 Å². The van der Waals surface area contributed by atoms with Crippen molar-refractivity contribution in [1.29, 1.82) is 0 Å². The van der Waals surface area contributed by atoms with Crippen molar-refractivity contribution in [2.45, 2.75) is 24.4 Å². The second kappa shape index (κ2) is 6.85. The molecule has 1 N–H and O–H groups in total. The fraction of sp³-hybridized carbons (Fsp3) is 0.188. The first-order chi connectivity index (χ1) is 11.5. The summed E-state index contributed by atoms with van der Waals surface area (Å²) in [5.41, 5.74) is -0.316. The molecule has 2 rings (SSSR count). The standard InChI is InChI=1S/C16H13F3O5S/c1-2-15(20)24-13-8-5-11(9-14(13)25(21,22)23)10-3-6-12(7-4-10)16(17,18)19/h3-9H,2H2,1H3,(H,21,22,23). The topological polar surface area (TPSA) is 80.7 Å². The SMILES string of the molecule is CCC(=O)Oc1ccc(-c2ccc(C(F)(F)F)cc2)cc1S(=O)(=O)O. The Kier molecular flexibility index (Phi) is 5.19. The summed E-state index contributed by atoms with van der Waals surface area (Å²) in [4.78, 5) is 10.7. The third-order valence-electron chi connectivity index (χ3n) is 3.28. The molecule has 0 bridgehead atoms. The van der Waals surface area contributed by atoms with Crippen LogP contribution < -0.4 is 4.74 Å². The summed E-state index contributed by atoms with van der Waals surface area (Å²) in [6.07, 6.45) is -4.50. The van der Waals surface area contributed by atoms with Crippen molar-refractivity contribution in [3.05, 3.63) is 48.0 Å². The van der Waals surface area contributed by atoms with Gasteiger partial charge in [-0.25, -0.2) is 0 Å². The van der Waals surface area contributed by atoms with E-state index in [9.17, 15) is 30.9 Å². The first kappa shape index (κ1) is 18.9. The van der Waals surface area contributed by atoms with E-state index in [0.29, 0.717) is 5.56 Å². The first-order valence-electron chi connectivity index (χ1n) is 7.02. The smallest absolute Gasteiger partial charge is 0.416 e. The highest BCUT2D eigenvalue weighted by Gasteiger charge is 2.30. The number of esters is 1. The molecule has 0 saturated carbocycles. The lowest BCUT2D eigenvalue weighted by molar-refractivity contribution is -0.137. The van der Waals surface area contributed by atoms with E-state index in [4.69, 9.17) is 4.74 Å². The minimum atomic E-state index is -4.71. The van der Waals surface area contributed by atoms with Crippen molar-refractivity contribution < 1.29 is 35.7 Å². The van der Waals surface area contributed by atoms with E-state index in [1.807, 2.05) is 0 Å². The number of hydrogen-bond donors (Lipinski definition) is 1. The molecule has 0 unspecified atom stereocenters. The molecular formula is C16H13F3O5S. The number of benzene rings is 2. The van der Waals surface area contributed by atoms with E-state index < -0.39 is 32.7 Å². The Morgan fingerprint density at radius 3 is 2.12 bits per heavy atom. The monoisotopic (exact) mass is 374 g/mol. The summed E-state index contributed by atoms with van der Waals surface area (Å²) in [6, 6.07) is 7.60. The van der Waals surface area contributed by atoms with Crippen LogP contribution in [0.3, 0.4) is 0 Å². The summed E-state index contributed by atoms with van der Waals surface area (Å²) in [5, 5.41) is 0. The van der Waals surface area contributed by atoms with Crippen LogP contribution in [0, 0.1) is 0 Å². The van der Waals surface area contributed by atoms with Gasteiger partial charge in [-0.2, -0.15) is 21.6 Å². The number of hydrogen-bond acceptors (Lipinski definition) is 4. The fourth-order valence-corrected chi connectivity index (χ4v) is 2.66. The summed E-state index contributed by atoms with van der Waals surface area (Å²) >= 11 is 0. The normalized spacial score (nSPS) is 12.0. The highest BCUT2D eigenvalue weighted by atomic mass is 32.2. The van der Waals surface area contributed by atoms with Crippen LogP contribution in [0.4, 0.5) is 13.2 Å². The zero-order valence-electron chi connectivity index (χ0n) is 12.9. The van der Waals surface area contributed by atoms with Crippen LogP contribution in [0.5, 0.6) is 5.75 Å². The van der Waals surface area contributed by atoms with Gasteiger partial charge in [0, 0.05) is 6.42 Å². The lowest BCUT2D eigenvalue weighted by atomic mass is 10.0. The molecule has 2 aromatic rings. The van der Waals surface area contributed by atoms with Crippen LogP contribution in [0.1, 0.15) is 18.9 Å². The highest BCUT2D eigenvalue weighted by Crippen LogP contribution is 2.33. The second-order valence-electron chi connectivity index (χ2n) is 5.04. The van der Waals surface area contributed by atoms with E-state index in [2.05, 4.69) is 0 Å². The van der Waals surface area contributed by atoms with E-state index in [0.717, 1.165) is 24.3 Å². The van der Waals surface area contributed by atoms with Gasteiger partial charge in [0.25, 0.3) is 10.1 Å². The lowest BCUT2D eigenvalue weighted by Crippen LogP contribution is -2.10. The van der Waals surface area contributed by atoms with Gasteiger partial charge in [-0.1, -0.05) is 25.1 Å². The molecule has 0 saturated heterocycles. The van der Waals surface area contributed by atoms with E-state index >= 15 is 0 Å². The van der Waals surface area contributed by atoms with Crippen LogP contribution in [0.15, 0.2) is 47.4 Å². The first-order valence-corrected chi connectivity index (χ1v) is 8.46. The number of carbonyl (C=O) groups excluding carboxylic acids is 1. The molecular weight excluding hydrogens is 361 g/mol. The summed E-state index contributed by atoms with van der Waals surface area (Å²) < 4.78 is 74.9. The summed E-state index contributed by atoms with van der Waals surface area (Å²) in [6.45, 7) is 1.51. The van der Waals surface area contributed by atoms with Gasteiger partial charge in [-0.15, -0.1) is 0 Å². The molecule has 0 radical (unpaired) electrons. The van der Waals surface area contributed by atoms with Gasteiger partial charge in [0.1, 0.15) is 4.90 Å². The number of carbonyl (C=O) groups is 1. The molecule has 25 heavy (non-hydrogen) atoms. The van der Waals surface area contributed by atoms with Gasteiger partial charge in [-0.3, -0.25) is 9.35 Å². The van der Waals surface area contributed by atoms with Gasteiger partial charge in [0.05, 0.1) is 5.56 Å². The lowest BCUT2D eigenvalue weighted by Gasteiger charge is -2.11. The van der Waals surface area contributed by atoms with Crippen LogP contribution in [-0.2, 0) is 21.1 Å². The van der Waals surface area contributed by atoms with Crippen LogP contribution in [0.25, 0.3) is 11.1 Å². The van der Waals surface area contributed by atoms with Crippen molar-refractivity contribution >= 4 is 16.1 Å². The van der Waals surface area contributed by atoms with E-state index in [1.165, 1.54) is 25.1 Å². The zero-order chi connectivity index (χ0) is 18.8. The second-order valence-corrected chi connectivity index (χ2v) is 6.43. The van der Waals surface area contributed by atoms with Crippen molar-refractivity contribution in [1.82, 2.24) is 0 Å². The van der Waals surface area contributed by atoms with Crippen molar-refractivity contribution in [2.75, 3.05) is 0 Å². The molecule has 0 aromatic heterocycles. The maximum absolute atomic E-state index is 12.6. The predicted octanol–water partition coefficient (Wildman–Crippen LogP) is 3.93. The van der Waals surface area contributed by atoms with Gasteiger partial charge in [0.15, 0.2) is 5.75 Å². The Morgan fingerprint density at radius 1 is 1.08 bits per heavy atom. The number of rotatable bonds is 4. The Bertz CT molecular complexity index is 887. The Hall–Kier alpha value is -2.39. The van der Waals surface area contributed by atoms with Gasteiger partial charge in [0.2, 0.25) is 0 Å². The maximum Gasteiger partial charge on any atom is 0.416 e. The van der Waals surface area contributed by atoms with Crippen LogP contribution >= 0.6 is 0 Å². The number of ether oxygens (including phenoxy) is 1. The highest BCUT2D eigenvalue weighted by molar-refractivity contribution is 7.86. The summed E-state index contributed by atoms with van der Waals surface area (Å²) in [5.74, 6) is -1.06. The molecule has 0 heterocycles. The molecule has 0 aliphatic heterocycles. The zero-order valence-corrected chi connectivity index (χ0v) is 13.7. The Morgan fingerprint density at radius 2 is 1.64 bits per heavy atom. The van der Waals surface area contributed by atoms with Crippen molar-refractivity contribution in [3.8, 4) is 16.9 Å². The van der Waals surface area contributed by atoms with E-state index in [1.54, 1.807) is 0 Å². The van der Waals surface area contributed by atoms with Gasteiger partial charge >= 0.3 is 12.1 Å². The van der Waals surface area contributed by atoms with E-state index in [-0.39, 0.29) is 17.7 Å². The van der Waals surface area contributed by atoms with Crippen LogP contribution in [0.2, 0.25) is 0 Å². The molecule has 0 atom stereocenters. The Balaban J connectivity index is 2.48. The molecule has 5 nitrogen and oxygen atoms in total. The third kappa shape index (κ3) is 4.58. The molecule has 0 aliphatic rings.